The molecule has 0 saturated carbocycles. The molecular weight excluding hydrogens is 312 g/mol. The van der Waals surface area contributed by atoms with E-state index in [1.165, 1.54) is 11.1 Å². The van der Waals surface area contributed by atoms with Crippen molar-refractivity contribution in [2.24, 2.45) is 7.05 Å². The Morgan fingerprint density at radius 2 is 2.08 bits per heavy atom. The molecule has 1 aliphatic rings. The van der Waals surface area contributed by atoms with Crippen molar-refractivity contribution >= 4 is 0 Å². The van der Waals surface area contributed by atoms with Crippen LogP contribution in [0.15, 0.2) is 55.0 Å². The summed E-state index contributed by atoms with van der Waals surface area (Å²) in [5.74, 6) is 0. The standard InChI is InChI=1S/C20H22N4O/c1-23-12-17(20(22-23)15-6-4-9-21-11-15)14-24-10-8-19(25)18-7-3-2-5-16(18)13-24/h2-7,9,11-12,19,25H,8,10,13-14H2,1H3. The summed E-state index contributed by atoms with van der Waals surface area (Å²) in [7, 11) is 1.95. The monoisotopic (exact) mass is 334 g/mol. The van der Waals surface area contributed by atoms with E-state index in [-0.39, 0.29) is 6.10 Å². The minimum absolute atomic E-state index is 0.382. The van der Waals surface area contributed by atoms with Crippen LogP contribution in [0.4, 0.5) is 0 Å². The zero-order valence-corrected chi connectivity index (χ0v) is 14.3. The lowest BCUT2D eigenvalue weighted by Crippen LogP contribution is -2.23. The molecule has 0 saturated heterocycles. The van der Waals surface area contributed by atoms with Crippen LogP contribution in [0, 0.1) is 0 Å². The van der Waals surface area contributed by atoms with Gasteiger partial charge in [-0.1, -0.05) is 24.3 Å². The van der Waals surface area contributed by atoms with E-state index in [0.29, 0.717) is 0 Å². The quantitative estimate of drug-likeness (QED) is 0.800. The first-order valence-corrected chi connectivity index (χ1v) is 8.62. The van der Waals surface area contributed by atoms with Gasteiger partial charge in [0.05, 0.1) is 11.8 Å². The molecule has 3 heterocycles. The Hall–Kier alpha value is -2.50. The number of aryl methyl sites for hydroxylation is 1. The first kappa shape index (κ1) is 16.0. The number of aliphatic hydroxyl groups is 1. The van der Waals surface area contributed by atoms with E-state index in [2.05, 4.69) is 27.2 Å². The van der Waals surface area contributed by atoms with Gasteiger partial charge in [-0.25, -0.2) is 0 Å². The molecule has 0 radical (unpaired) electrons. The van der Waals surface area contributed by atoms with Crippen molar-refractivity contribution in [3.05, 3.63) is 71.7 Å². The average molecular weight is 334 g/mol. The number of nitrogens with zero attached hydrogens (tertiary/aromatic N) is 4. The van der Waals surface area contributed by atoms with Gasteiger partial charge in [0.15, 0.2) is 0 Å². The van der Waals surface area contributed by atoms with Crippen molar-refractivity contribution in [1.29, 1.82) is 0 Å². The molecular formula is C20H22N4O. The van der Waals surface area contributed by atoms with Gasteiger partial charge in [-0.05, 0) is 29.7 Å². The molecule has 5 nitrogen and oxygen atoms in total. The number of hydrogen-bond acceptors (Lipinski definition) is 4. The van der Waals surface area contributed by atoms with Crippen LogP contribution in [-0.2, 0) is 20.1 Å². The molecule has 0 aliphatic carbocycles. The number of hydrogen-bond donors (Lipinski definition) is 1. The summed E-state index contributed by atoms with van der Waals surface area (Å²) < 4.78 is 1.86. The molecule has 1 aliphatic heterocycles. The molecule has 1 N–H and O–H groups in total. The molecule has 1 aromatic carbocycles. The van der Waals surface area contributed by atoms with Crippen LogP contribution in [-0.4, -0.2) is 31.3 Å². The highest BCUT2D eigenvalue weighted by Gasteiger charge is 2.22. The van der Waals surface area contributed by atoms with Gasteiger partial charge in [0.1, 0.15) is 0 Å². The van der Waals surface area contributed by atoms with Gasteiger partial charge in [-0.3, -0.25) is 14.6 Å². The van der Waals surface area contributed by atoms with Crippen LogP contribution in [0.5, 0.6) is 0 Å². The van der Waals surface area contributed by atoms with Crippen LogP contribution >= 0.6 is 0 Å². The second kappa shape index (κ2) is 6.78. The second-order valence-corrected chi connectivity index (χ2v) is 6.63. The Balaban J connectivity index is 1.61. The van der Waals surface area contributed by atoms with Crippen molar-refractivity contribution in [2.75, 3.05) is 6.54 Å². The molecule has 128 valence electrons. The fourth-order valence-electron chi connectivity index (χ4n) is 3.56. The van der Waals surface area contributed by atoms with Crippen molar-refractivity contribution in [3.8, 4) is 11.3 Å². The van der Waals surface area contributed by atoms with Crippen LogP contribution in [0.25, 0.3) is 11.3 Å². The summed E-state index contributed by atoms with van der Waals surface area (Å²) in [6, 6.07) is 12.2. The maximum atomic E-state index is 10.4. The molecule has 0 fully saturated rings. The number of pyridine rings is 1. The maximum Gasteiger partial charge on any atom is 0.0983 e. The lowest BCUT2D eigenvalue weighted by Gasteiger charge is -2.20. The summed E-state index contributed by atoms with van der Waals surface area (Å²) >= 11 is 0. The molecule has 0 amide bonds. The van der Waals surface area contributed by atoms with Gasteiger partial charge in [0, 0.05) is 56.4 Å². The van der Waals surface area contributed by atoms with E-state index < -0.39 is 0 Å². The third-order valence-corrected chi connectivity index (χ3v) is 4.76. The van der Waals surface area contributed by atoms with Gasteiger partial charge < -0.3 is 5.11 Å². The highest BCUT2D eigenvalue weighted by molar-refractivity contribution is 5.61. The third-order valence-electron chi connectivity index (χ3n) is 4.76. The average Bonchev–Trinajstić information content (AvgIpc) is 2.92. The first-order valence-electron chi connectivity index (χ1n) is 8.62. The fraction of sp³-hybridized carbons (Fsp3) is 0.300. The molecule has 4 rings (SSSR count). The Morgan fingerprint density at radius 1 is 1.20 bits per heavy atom. The van der Waals surface area contributed by atoms with Crippen molar-refractivity contribution in [1.82, 2.24) is 19.7 Å². The number of fused-ring (bicyclic) bond motifs is 1. The highest BCUT2D eigenvalue weighted by Crippen LogP contribution is 2.29. The predicted molar refractivity (Wildman–Crippen MR) is 96.6 cm³/mol. The van der Waals surface area contributed by atoms with Gasteiger partial charge in [0.25, 0.3) is 0 Å². The van der Waals surface area contributed by atoms with E-state index >= 15 is 0 Å². The van der Waals surface area contributed by atoms with Gasteiger partial charge in [-0.15, -0.1) is 0 Å². The Morgan fingerprint density at radius 3 is 2.92 bits per heavy atom. The Kier molecular flexibility index (Phi) is 4.34. The van der Waals surface area contributed by atoms with Crippen LogP contribution in [0.3, 0.4) is 0 Å². The smallest absolute Gasteiger partial charge is 0.0983 e. The molecule has 5 heteroatoms. The minimum Gasteiger partial charge on any atom is -0.388 e. The van der Waals surface area contributed by atoms with E-state index in [0.717, 1.165) is 42.9 Å². The Bertz CT molecular complexity index is 859. The maximum absolute atomic E-state index is 10.4. The number of rotatable bonds is 3. The number of aromatic nitrogens is 3. The summed E-state index contributed by atoms with van der Waals surface area (Å²) in [5.41, 5.74) is 5.47. The van der Waals surface area contributed by atoms with Crippen molar-refractivity contribution in [2.45, 2.75) is 25.6 Å². The van der Waals surface area contributed by atoms with E-state index in [4.69, 9.17) is 0 Å². The van der Waals surface area contributed by atoms with Gasteiger partial charge >= 0.3 is 0 Å². The fourth-order valence-corrected chi connectivity index (χ4v) is 3.56. The molecule has 0 spiro atoms. The van der Waals surface area contributed by atoms with E-state index in [1.807, 2.05) is 48.3 Å². The molecule has 1 atom stereocenters. The summed E-state index contributed by atoms with van der Waals surface area (Å²) in [5, 5.41) is 15.0. The molecule has 0 bridgehead atoms. The second-order valence-electron chi connectivity index (χ2n) is 6.63. The van der Waals surface area contributed by atoms with Gasteiger partial charge in [-0.2, -0.15) is 5.10 Å². The molecule has 25 heavy (non-hydrogen) atoms. The number of benzene rings is 1. The first-order chi connectivity index (χ1) is 12.2. The molecule has 3 aromatic rings. The van der Waals surface area contributed by atoms with E-state index in [1.54, 1.807) is 6.20 Å². The SMILES string of the molecule is Cn1cc(CN2CCC(O)c3ccccc3C2)c(-c2cccnc2)n1. The summed E-state index contributed by atoms with van der Waals surface area (Å²) in [4.78, 5) is 6.60. The zero-order chi connectivity index (χ0) is 17.2. The highest BCUT2D eigenvalue weighted by atomic mass is 16.3. The number of aliphatic hydroxyl groups excluding tert-OH is 1. The normalized spacial score (nSPS) is 17.9. The van der Waals surface area contributed by atoms with Crippen molar-refractivity contribution in [3.63, 3.8) is 0 Å². The summed E-state index contributed by atoms with van der Waals surface area (Å²) in [6.45, 7) is 2.50. The van der Waals surface area contributed by atoms with Crippen LogP contribution in [0.1, 0.15) is 29.2 Å². The van der Waals surface area contributed by atoms with Crippen molar-refractivity contribution < 1.29 is 5.11 Å². The van der Waals surface area contributed by atoms with Crippen LogP contribution < -0.4 is 0 Å². The zero-order valence-electron chi connectivity index (χ0n) is 14.3. The minimum atomic E-state index is -0.382. The Labute approximate surface area is 147 Å². The van der Waals surface area contributed by atoms with Crippen LogP contribution in [0.2, 0.25) is 0 Å². The van der Waals surface area contributed by atoms with Gasteiger partial charge in [0.2, 0.25) is 0 Å². The lowest BCUT2D eigenvalue weighted by atomic mass is 10.0. The third kappa shape index (κ3) is 3.34. The predicted octanol–water partition coefficient (Wildman–Crippen LogP) is 2.92. The summed E-state index contributed by atoms with van der Waals surface area (Å²) in [6.07, 6.45) is 6.08. The molecule has 2 aromatic heterocycles. The topological polar surface area (TPSA) is 54.2 Å². The lowest BCUT2D eigenvalue weighted by molar-refractivity contribution is 0.150. The largest absolute Gasteiger partial charge is 0.388 e. The van der Waals surface area contributed by atoms with E-state index in [9.17, 15) is 5.11 Å². The molecule has 1 unspecified atom stereocenters.